The van der Waals surface area contributed by atoms with Crippen LogP contribution in [0.3, 0.4) is 0 Å². The Hall–Kier alpha value is -0.900. The summed E-state index contributed by atoms with van der Waals surface area (Å²) < 4.78 is 0. The maximum Gasteiger partial charge on any atom is 0.0947 e. The summed E-state index contributed by atoms with van der Waals surface area (Å²) in [5.41, 5.74) is 7.69. The quantitative estimate of drug-likeness (QED) is 0.911. The third-order valence-corrected chi connectivity index (χ3v) is 3.60. The lowest BCUT2D eigenvalue weighted by Gasteiger charge is -1.98. The van der Waals surface area contributed by atoms with Crippen LogP contribution < -0.4 is 5.73 Å². The van der Waals surface area contributed by atoms with Crippen molar-refractivity contribution in [3.63, 3.8) is 0 Å². The topological polar surface area (TPSA) is 38.9 Å². The largest absolute Gasteiger partial charge is 0.330 e. The second-order valence-electron chi connectivity index (χ2n) is 3.56. The van der Waals surface area contributed by atoms with Gasteiger partial charge in [-0.2, -0.15) is 0 Å². The van der Waals surface area contributed by atoms with Gasteiger partial charge in [-0.3, -0.25) is 0 Å². The van der Waals surface area contributed by atoms with Crippen LogP contribution in [0.5, 0.6) is 0 Å². The van der Waals surface area contributed by atoms with Crippen LogP contribution in [-0.4, -0.2) is 11.5 Å². The van der Waals surface area contributed by atoms with Crippen LogP contribution in [0.4, 0.5) is 0 Å². The average molecular weight is 253 g/mol. The van der Waals surface area contributed by atoms with Crippen molar-refractivity contribution in [3.05, 3.63) is 39.2 Å². The predicted molar refractivity (Wildman–Crippen MR) is 70.1 cm³/mol. The van der Waals surface area contributed by atoms with Gasteiger partial charge < -0.3 is 5.73 Å². The molecular formula is C12H13ClN2S. The summed E-state index contributed by atoms with van der Waals surface area (Å²) in [5, 5.41) is 1.85. The van der Waals surface area contributed by atoms with Gasteiger partial charge in [0.05, 0.1) is 10.7 Å². The lowest BCUT2D eigenvalue weighted by atomic mass is 10.1. The maximum atomic E-state index is 5.86. The lowest BCUT2D eigenvalue weighted by molar-refractivity contribution is 0.954. The molecule has 0 radical (unpaired) electrons. The summed E-state index contributed by atoms with van der Waals surface area (Å²) in [6.07, 6.45) is 0.846. The first-order valence-corrected chi connectivity index (χ1v) is 6.32. The molecule has 2 nitrogen and oxygen atoms in total. The summed E-state index contributed by atoms with van der Waals surface area (Å²) in [5.74, 6) is 0. The van der Waals surface area contributed by atoms with Crippen molar-refractivity contribution < 1.29 is 0 Å². The zero-order chi connectivity index (χ0) is 11.5. The van der Waals surface area contributed by atoms with Gasteiger partial charge in [-0.1, -0.05) is 23.7 Å². The molecule has 1 heterocycles. The number of thiazole rings is 1. The van der Waals surface area contributed by atoms with Gasteiger partial charge in [0.25, 0.3) is 0 Å². The van der Waals surface area contributed by atoms with Gasteiger partial charge in [0.1, 0.15) is 0 Å². The van der Waals surface area contributed by atoms with E-state index in [1.54, 1.807) is 11.3 Å². The van der Waals surface area contributed by atoms with Gasteiger partial charge in [0.2, 0.25) is 0 Å². The molecule has 84 valence electrons. The van der Waals surface area contributed by atoms with Crippen LogP contribution in [0.1, 0.15) is 9.88 Å². The summed E-state index contributed by atoms with van der Waals surface area (Å²) in [6, 6.07) is 7.77. The maximum absolute atomic E-state index is 5.86. The van der Waals surface area contributed by atoms with Crippen molar-refractivity contribution in [2.75, 3.05) is 6.54 Å². The zero-order valence-electron chi connectivity index (χ0n) is 9.03. The van der Waals surface area contributed by atoms with Crippen LogP contribution in [0.15, 0.2) is 24.3 Å². The standard InChI is InChI=1S/C12H13ClN2S/c1-8-12(15-11(16-8)6-7-14)9-2-4-10(13)5-3-9/h2-5H,6-7,14H2,1H3. The smallest absolute Gasteiger partial charge is 0.0947 e. The lowest BCUT2D eigenvalue weighted by Crippen LogP contribution is -2.01. The van der Waals surface area contributed by atoms with Gasteiger partial charge >= 0.3 is 0 Å². The SMILES string of the molecule is Cc1sc(CCN)nc1-c1ccc(Cl)cc1. The van der Waals surface area contributed by atoms with E-state index >= 15 is 0 Å². The summed E-state index contributed by atoms with van der Waals surface area (Å²) in [4.78, 5) is 5.82. The molecule has 2 N–H and O–H groups in total. The number of halogens is 1. The monoisotopic (exact) mass is 252 g/mol. The van der Waals surface area contributed by atoms with Gasteiger partial charge in [-0.05, 0) is 25.6 Å². The molecule has 1 aromatic heterocycles. The van der Waals surface area contributed by atoms with E-state index < -0.39 is 0 Å². The van der Waals surface area contributed by atoms with Gasteiger partial charge in [-0.15, -0.1) is 11.3 Å². The number of nitrogens with zero attached hydrogens (tertiary/aromatic N) is 1. The van der Waals surface area contributed by atoms with Crippen molar-refractivity contribution in [2.45, 2.75) is 13.3 Å². The molecule has 0 aliphatic carbocycles. The number of aryl methyl sites for hydroxylation is 1. The first-order chi connectivity index (χ1) is 7.70. The van der Waals surface area contributed by atoms with E-state index in [0.29, 0.717) is 6.54 Å². The zero-order valence-corrected chi connectivity index (χ0v) is 10.6. The summed E-state index contributed by atoms with van der Waals surface area (Å²) in [6.45, 7) is 2.73. The molecule has 1 aromatic carbocycles. The fourth-order valence-corrected chi connectivity index (χ4v) is 2.65. The molecule has 0 aliphatic heterocycles. The van der Waals surface area contributed by atoms with Crippen LogP contribution in [0.25, 0.3) is 11.3 Å². The molecule has 16 heavy (non-hydrogen) atoms. The molecule has 0 spiro atoms. The van der Waals surface area contributed by atoms with Gasteiger partial charge in [0, 0.05) is 21.9 Å². The van der Waals surface area contributed by atoms with E-state index in [0.717, 1.165) is 27.7 Å². The van der Waals surface area contributed by atoms with Crippen LogP contribution in [-0.2, 0) is 6.42 Å². The molecule has 2 aromatic rings. The van der Waals surface area contributed by atoms with E-state index in [4.69, 9.17) is 17.3 Å². The Kier molecular flexibility index (Phi) is 3.59. The average Bonchev–Trinajstić information content (AvgIpc) is 2.61. The minimum absolute atomic E-state index is 0.646. The van der Waals surface area contributed by atoms with Crippen LogP contribution in [0.2, 0.25) is 5.02 Å². The Bertz CT molecular complexity index is 476. The van der Waals surface area contributed by atoms with E-state index in [-0.39, 0.29) is 0 Å². The molecule has 0 amide bonds. The summed E-state index contributed by atoms with van der Waals surface area (Å²) >= 11 is 7.57. The number of hydrogen-bond donors (Lipinski definition) is 1. The molecule has 0 unspecified atom stereocenters. The van der Waals surface area contributed by atoms with Gasteiger partial charge in [-0.25, -0.2) is 4.98 Å². The van der Waals surface area contributed by atoms with Gasteiger partial charge in [0.15, 0.2) is 0 Å². The van der Waals surface area contributed by atoms with E-state index in [2.05, 4.69) is 11.9 Å². The molecular weight excluding hydrogens is 240 g/mol. The Morgan fingerprint density at radius 1 is 1.31 bits per heavy atom. The molecule has 0 atom stereocenters. The number of benzene rings is 1. The third-order valence-electron chi connectivity index (χ3n) is 2.32. The summed E-state index contributed by atoms with van der Waals surface area (Å²) in [7, 11) is 0. The highest BCUT2D eigenvalue weighted by molar-refractivity contribution is 7.12. The fourth-order valence-electron chi connectivity index (χ4n) is 1.56. The second-order valence-corrected chi connectivity index (χ2v) is 5.28. The minimum Gasteiger partial charge on any atom is -0.330 e. The highest BCUT2D eigenvalue weighted by Gasteiger charge is 2.08. The Morgan fingerprint density at radius 2 is 2.00 bits per heavy atom. The first-order valence-electron chi connectivity index (χ1n) is 5.13. The normalized spacial score (nSPS) is 10.7. The number of aromatic nitrogens is 1. The van der Waals surface area contributed by atoms with E-state index in [9.17, 15) is 0 Å². The first kappa shape index (κ1) is 11.6. The van der Waals surface area contributed by atoms with Crippen LogP contribution in [0, 0.1) is 6.92 Å². The molecule has 0 fully saturated rings. The highest BCUT2D eigenvalue weighted by atomic mass is 35.5. The van der Waals surface area contributed by atoms with E-state index in [1.165, 1.54) is 4.88 Å². The third kappa shape index (κ3) is 2.43. The number of rotatable bonds is 3. The van der Waals surface area contributed by atoms with Crippen molar-refractivity contribution in [3.8, 4) is 11.3 Å². The molecule has 0 aliphatic rings. The van der Waals surface area contributed by atoms with E-state index in [1.807, 2.05) is 24.3 Å². The molecule has 0 saturated heterocycles. The highest BCUT2D eigenvalue weighted by Crippen LogP contribution is 2.28. The Balaban J connectivity index is 2.36. The van der Waals surface area contributed by atoms with Crippen LogP contribution >= 0.6 is 22.9 Å². The van der Waals surface area contributed by atoms with Crippen molar-refractivity contribution in [1.29, 1.82) is 0 Å². The molecule has 0 saturated carbocycles. The van der Waals surface area contributed by atoms with Crippen molar-refractivity contribution >= 4 is 22.9 Å². The van der Waals surface area contributed by atoms with Crippen molar-refractivity contribution in [2.24, 2.45) is 5.73 Å². The second kappa shape index (κ2) is 4.95. The minimum atomic E-state index is 0.646. The Labute approximate surface area is 104 Å². The number of nitrogens with two attached hydrogens (primary N) is 1. The number of hydrogen-bond acceptors (Lipinski definition) is 3. The molecule has 2 rings (SSSR count). The molecule has 0 bridgehead atoms. The van der Waals surface area contributed by atoms with Crippen molar-refractivity contribution in [1.82, 2.24) is 4.98 Å². The fraction of sp³-hybridized carbons (Fsp3) is 0.250. The Morgan fingerprint density at radius 3 is 2.62 bits per heavy atom. The molecule has 4 heteroatoms. The predicted octanol–water partition coefficient (Wildman–Crippen LogP) is 3.27.